The minimum absolute atomic E-state index is 0.0667. The van der Waals surface area contributed by atoms with Crippen LogP contribution in [0.15, 0.2) is 34.9 Å². The van der Waals surface area contributed by atoms with Gasteiger partial charge in [-0.3, -0.25) is 9.59 Å². The van der Waals surface area contributed by atoms with E-state index >= 15 is 0 Å². The van der Waals surface area contributed by atoms with Gasteiger partial charge in [0.25, 0.3) is 0 Å². The van der Waals surface area contributed by atoms with E-state index in [-0.39, 0.29) is 18.0 Å². The maximum atomic E-state index is 13.2. The van der Waals surface area contributed by atoms with Crippen molar-refractivity contribution in [2.24, 2.45) is 0 Å². The fourth-order valence-electron chi connectivity index (χ4n) is 4.63. The third-order valence-corrected chi connectivity index (χ3v) is 6.36. The molecule has 0 unspecified atom stereocenters. The van der Waals surface area contributed by atoms with E-state index in [9.17, 15) is 9.59 Å². The van der Waals surface area contributed by atoms with Crippen molar-refractivity contribution < 1.29 is 19.1 Å². The summed E-state index contributed by atoms with van der Waals surface area (Å²) in [4.78, 5) is 27.9. The summed E-state index contributed by atoms with van der Waals surface area (Å²) in [6.07, 6.45) is 4.99. The molecule has 1 saturated heterocycles. The summed E-state index contributed by atoms with van der Waals surface area (Å²) in [5.41, 5.74) is 4.08. The Hall–Kier alpha value is -2.11. The second-order valence-corrected chi connectivity index (χ2v) is 8.75. The van der Waals surface area contributed by atoms with Crippen LogP contribution in [0.25, 0.3) is 0 Å². The first-order valence-electron chi connectivity index (χ1n) is 11.0. The fourth-order valence-corrected chi connectivity index (χ4v) is 4.85. The molecular weight excluding hydrogens is 414 g/mol. The second-order valence-electron chi connectivity index (χ2n) is 8.31. The average Bonchev–Trinajstić information content (AvgIpc) is 2.73. The summed E-state index contributed by atoms with van der Waals surface area (Å²) >= 11 is 6.44. The molecule has 0 N–H and O–H groups in total. The zero-order chi connectivity index (χ0) is 22.5. The minimum atomic E-state index is -0.0667. The molecule has 0 aromatic heterocycles. The summed E-state index contributed by atoms with van der Waals surface area (Å²) in [6, 6.07) is 3.87. The number of carbonyl (C=O) groups is 2. The number of nitrogens with zero attached hydrogens (tertiary/aromatic N) is 1. The highest BCUT2D eigenvalue weighted by Crippen LogP contribution is 2.38. The Morgan fingerprint density at radius 1 is 1.26 bits per heavy atom. The predicted molar refractivity (Wildman–Crippen MR) is 125 cm³/mol. The number of methoxy groups -OCH3 is 1. The van der Waals surface area contributed by atoms with Crippen LogP contribution in [0.5, 0.6) is 5.75 Å². The summed E-state index contributed by atoms with van der Waals surface area (Å²) < 4.78 is 11.2. The van der Waals surface area contributed by atoms with E-state index in [2.05, 4.69) is 11.8 Å². The van der Waals surface area contributed by atoms with Gasteiger partial charge >= 0.3 is 0 Å². The van der Waals surface area contributed by atoms with Crippen LogP contribution >= 0.6 is 11.6 Å². The van der Waals surface area contributed by atoms with Crippen molar-refractivity contribution in [2.75, 3.05) is 31.8 Å². The van der Waals surface area contributed by atoms with E-state index in [4.69, 9.17) is 21.1 Å². The molecule has 1 aromatic carbocycles. The highest BCUT2D eigenvalue weighted by molar-refractivity contribution is 6.31. The molecule has 168 valence electrons. The Balaban J connectivity index is 1.88. The first kappa shape index (κ1) is 23.6. The monoisotopic (exact) mass is 445 g/mol. The summed E-state index contributed by atoms with van der Waals surface area (Å²) in [7, 11) is 1.59. The van der Waals surface area contributed by atoms with Crippen LogP contribution in [0.2, 0.25) is 5.02 Å². The summed E-state index contributed by atoms with van der Waals surface area (Å²) in [5, 5.41) is 0.507. The molecule has 1 heterocycles. The lowest BCUT2D eigenvalue weighted by Gasteiger charge is -2.36. The quantitative estimate of drug-likeness (QED) is 0.491. The highest BCUT2D eigenvalue weighted by Gasteiger charge is 2.27. The van der Waals surface area contributed by atoms with E-state index in [0.717, 1.165) is 55.0 Å². The van der Waals surface area contributed by atoms with Crippen LogP contribution in [0.4, 0.5) is 5.69 Å². The molecule has 1 aliphatic heterocycles. The maximum absolute atomic E-state index is 13.2. The number of allylic oxidation sites excluding steroid dienone is 4. The molecule has 3 rings (SSSR count). The van der Waals surface area contributed by atoms with Crippen molar-refractivity contribution in [3.63, 3.8) is 0 Å². The average molecular weight is 446 g/mol. The SMILES string of the molecule is CCN(c1cc(Cl)cc(C(=O)CCC2=C(C)C=C(C)CC2=O)c1OC)C1CCOCC1. The fraction of sp³-hybridized carbons (Fsp3) is 0.520. The maximum Gasteiger partial charge on any atom is 0.167 e. The van der Waals surface area contributed by atoms with Gasteiger partial charge in [0, 0.05) is 43.7 Å². The Morgan fingerprint density at radius 3 is 2.58 bits per heavy atom. The van der Waals surface area contributed by atoms with Gasteiger partial charge in [0.1, 0.15) is 0 Å². The van der Waals surface area contributed by atoms with Crippen molar-refractivity contribution >= 4 is 28.9 Å². The topological polar surface area (TPSA) is 55.8 Å². The second kappa shape index (κ2) is 10.5. The summed E-state index contributed by atoms with van der Waals surface area (Å²) in [5.74, 6) is 0.600. The van der Waals surface area contributed by atoms with E-state index in [1.807, 2.05) is 26.0 Å². The standard InChI is InChI=1S/C25H32ClNO4/c1-5-27(19-8-10-31-11-9-19)22-15-18(26)14-21(25(22)30-4)23(28)7-6-20-17(3)12-16(2)13-24(20)29/h12,14-15,19H,5-11,13H2,1-4H3. The lowest BCUT2D eigenvalue weighted by Crippen LogP contribution is -2.39. The number of rotatable bonds is 8. The molecule has 0 radical (unpaired) electrons. The van der Waals surface area contributed by atoms with Crippen LogP contribution in [-0.2, 0) is 9.53 Å². The Kier molecular flexibility index (Phi) is 7.95. The molecule has 1 aliphatic carbocycles. The Morgan fingerprint density at radius 2 is 1.97 bits per heavy atom. The number of hydrogen-bond acceptors (Lipinski definition) is 5. The number of hydrogen-bond donors (Lipinski definition) is 0. The lowest BCUT2D eigenvalue weighted by atomic mass is 9.88. The van der Waals surface area contributed by atoms with Crippen molar-refractivity contribution in [3.8, 4) is 5.75 Å². The lowest BCUT2D eigenvalue weighted by molar-refractivity contribution is -0.115. The molecule has 1 fully saturated rings. The van der Waals surface area contributed by atoms with E-state index in [1.165, 1.54) is 0 Å². The Labute approximate surface area is 190 Å². The van der Waals surface area contributed by atoms with Crippen LogP contribution in [0.3, 0.4) is 0 Å². The van der Waals surface area contributed by atoms with Crippen molar-refractivity contribution in [3.05, 3.63) is 45.5 Å². The number of carbonyl (C=O) groups excluding carboxylic acids is 2. The van der Waals surface area contributed by atoms with E-state index in [0.29, 0.717) is 35.2 Å². The Bertz CT molecular complexity index is 912. The van der Waals surface area contributed by atoms with Crippen LogP contribution < -0.4 is 9.64 Å². The van der Waals surface area contributed by atoms with Gasteiger partial charge in [0.15, 0.2) is 17.3 Å². The zero-order valence-electron chi connectivity index (χ0n) is 18.9. The van der Waals surface area contributed by atoms with E-state index < -0.39 is 0 Å². The van der Waals surface area contributed by atoms with E-state index in [1.54, 1.807) is 13.2 Å². The third-order valence-electron chi connectivity index (χ3n) is 6.14. The molecule has 0 atom stereocenters. The van der Waals surface area contributed by atoms with Gasteiger partial charge in [0.2, 0.25) is 0 Å². The molecule has 2 aliphatic rings. The third kappa shape index (κ3) is 5.39. The molecule has 31 heavy (non-hydrogen) atoms. The molecule has 6 heteroatoms. The van der Waals surface area contributed by atoms with Gasteiger partial charge in [-0.25, -0.2) is 0 Å². The molecule has 0 bridgehead atoms. The molecule has 0 saturated carbocycles. The number of Topliss-reactive ketones (excluding diaryl/α,β-unsaturated/α-hetero) is 2. The first-order valence-corrected chi connectivity index (χ1v) is 11.4. The van der Waals surface area contributed by atoms with Crippen molar-refractivity contribution in [1.82, 2.24) is 0 Å². The van der Waals surface area contributed by atoms with Gasteiger partial charge in [-0.2, -0.15) is 0 Å². The van der Waals surface area contributed by atoms with Gasteiger partial charge in [0.05, 0.1) is 18.4 Å². The van der Waals surface area contributed by atoms with Crippen molar-refractivity contribution in [2.45, 2.75) is 58.9 Å². The van der Waals surface area contributed by atoms with Gasteiger partial charge in [-0.05, 0) is 63.3 Å². The minimum Gasteiger partial charge on any atom is -0.494 e. The number of halogens is 1. The van der Waals surface area contributed by atoms with Gasteiger partial charge in [-0.15, -0.1) is 0 Å². The molecule has 5 nitrogen and oxygen atoms in total. The highest BCUT2D eigenvalue weighted by atomic mass is 35.5. The number of ketones is 2. The normalized spacial score (nSPS) is 17.6. The molecule has 0 spiro atoms. The zero-order valence-corrected chi connectivity index (χ0v) is 19.7. The largest absolute Gasteiger partial charge is 0.494 e. The predicted octanol–water partition coefficient (Wildman–Crippen LogP) is 5.55. The van der Waals surface area contributed by atoms with Gasteiger partial charge in [-0.1, -0.05) is 23.3 Å². The molecule has 1 aromatic rings. The smallest absolute Gasteiger partial charge is 0.167 e. The first-order chi connectivity index (χ1) is 14.8. The molecule has 0 amide bonds. The number of anilines is 1. The van der Waals surface area contributed by atoms with Crippen LogP contribution in [-0.4, -0.2) is 44.5 Å². The number of benzene rings is 1. The summed E-state index contributed by atoms with van der Waals surface area (Å²) in [6.45, 7) is 8.22. The molecular formula is C25H32ClNO4. The van der Waals surface area contributed by atoms with Crippen LogP contribution in [0.1, 0.15) is 63.2 Å². The van der Waals surface area contributed by atoms with Crippen molar-refractivity contribution in [1.29, 1.82) is 0 Å². The van der Waals surface area contributed by atoms with Crippen LogP contribution in [0, 0.1) is 0 Å². The number of ether oxygens (including phenoxy) is 2. The van der Waals surface area contributed by atoms with Gasteiger partial charge < -0.3 is 14.4 Å².